The average Bonchev–Trinajstić information content (AvgIpc) is 2.56. The van der Waals surface area contributed by atoms with Gasteiger partial charge in [0.1, 0.15) is 0 Å². The van der Waals surface area contributed by atoms with Crippen LogP contribution in [0.2, 0.25) is 0 Å². The molecule has 1 aromatic heterocycles. The average molecular weight is 224 g/mol. The molecule has 1 aliphatic heterocycles. The predicted octanol–water partition coefficient (Wildman–Crippen LogP) is 1.20. The highest BCUT2D eigenvalue weighted by atomic mass is 32.1. The van der Waals surface area contributed by atoms with Crippen LogP contribution in [0.3, 0.4) is 0 Å². The van der Waals surface area contributed by atoms with Crippen LogP contribution >= 0.6 is 11.3 Å². The molecule has 0 saturated carbocycles. The van der Waals surface area contributed by atoms with Gasteiger partial charge in [0.15, 0.2) is 5.96 Å². The molecule has 0 amide bonds. The fourth-order valence-corrected chi connectivity index (χ4v) is 2.43. The highest BCUT2D eigenvalue weighted by Gasteiger charge is 2.07. The van der Waals surface area contributed by atoms with Gasteiger partial charge in [-0.3, -0.25) is 4.99 Å². The summed E-state index contributed by atoms with van der Waals surface area (Å²) in [6.45, 7) is 6.86. The van der Waals surface area contributed by atoms with Gasteiger partial charge in [0, 0.05) is 18.0 Å². The first-order valence-corrected chi connectivity index (χ1v) is 6.02. The van der Waals surface area contributed by atoms with Crippen molar-refractivity contribution in [2.45, 2.75) is 26.8 Å². The third-order valence-corrected chi connectivity index (χ3v) is 3.39. The minimum atomic E-state index is 0.823. The van der Waals surface area contributed by atoms with Crippen molar-refractivity contribution in [1.82, 2.24) is 15.6 Å². The van der Waals surface area contributed by atoms with Crippen LogP contribution in [0.4, 0.5) is 0 Å². The van der Waals surface area contributed by atoms with Gasteiger partial charge in [-0.2, -0.15) is 0 Å². The molecule has 0 spiro atoms. The number of aromatic nitrogens is 1. The highest BCUT2D eigenvalue weighted by molar-refractivity contribution is 7.11. The summed E-state index contributed by atoms with van der Waals surface area (Å²) in [5, 5.41) is 7.67. The summed E-state index contributed by atoms with van der Waals surface area (Å²) in [6.07, 6.45) is 1.13. The van der Waals surface area contributed by atoms with Crippen LogP contribution in [0.1, 0.15) is 22.0 Å². The molecule has 0 bridgehead atoms. The second-order valence-corrected chi connectivity index (χ2v) is 4.89. The molecule has 1 aromatic rings. The first-order chi connectivity index (χ1) is 7.25. The number of aryl methyl sites for hydroxylation is 2. The summed E-state index contributed by atoms with van der Waals surface area (Å²) in [7, 11) is 0. The van der Waals surface area contributed by atoms with Gasteiger partial charge in [-0.05, 0) is 20.3 Å². The molecule has 2 heterocycles. The minimum absolute atomic E-state index is 0.823. The Morgan fingerprint density at radius 1 is 1.47 bits per heavy atom. The molecule has 0 atom stereocenters. The minimum Gasteiger partial charge on any atom is -0.356 e. The predicted molar refractivity (Wildman–Crippen MR) is 63.3 cm³/mol. The van der Waals surface area contributed by atoms with Crippen molar-refractivity contribution < 1.29 is 0 Å². The smallest absolute Gasteiger partial charge is 0.191 e. The Balaban J connectivity index is 1.92. The highest BCUT2D eigenvalue weighted by Crippen LogP contribution is 2.16. The quantitative estimate of drug-likeness (QED) is 0.793. The molecular weight excluding hydrogens is 208 g/mol. The van der Waals surface area contributed by atoms with Gasteiger partial charge in [0.2, 0.25) is 0 Å². The third kappa shape index (κ3) is 2.68. The van der Waals surface area contributed by atoms with Crippen LogP contribution in [-0.4, -0.2) is 24.0 Å². The zero-order valence-electron chi connectivity index (χ0n) is 9.13. The molecule has 0 unspecified atom stereocenters. The van der Waals surface area contributed by atoms with Gasteiger partial charge < -0.3 is 10.6 Å². The first-order valence-electron chi connectivity index (χ1n) is 5.21. The van der Waals surface area contributed by atoms with E-state index in [4.69, 9.17) is 0 Å². The summed E-state index contributed by atoms with van der Waals surface area (Å²) >= 11 is 1.75. The van der Waals surface area contributed by atoms with Crippen LogP contribution in [0.15, 0.2) is 4.99 Å². The second kappa shape index (κ2) is 4.61. The number of hydrogen-bond donors (Lipinski definition) is 2. The maximum Gasteiger partial charge on any atom is 0.191 e. The molecular formula is C10H16N4S. The topological polar surface area (TPSA) is 49.3 Å². The number of aliphatic imine (C=N–C) groups is 1. The molecule has 15 heavy (non-hydrogen) atoms. The number of guanidine groups is 1. The summed E-state index contributed by atoms with van der Waals surface area (Å²) in [5.41, 5.74) is 1.13. The van der Waals surface area contributed by atoms with E-state index in [9.17, 15) is 0 Å². The molecule has 4 nitrogen and oxygen atoms in total. The fraction of sp³-hybridized carbons (Fsp3) is 0.600. The lowest BCUT2D eigenvalue weighted by molar-refractivity contribution is 0.703. The zero-order chi connectivity index (χ0) is 10.7. The Hall–Kier alpha value is -1.10. The zero-order valence-corrected chi connectivity index (χ0v) is 9.95. The van der Waals surface area contributed by atoms with Gasteiger partial charge in [0.25, 0.3) is 0 Å². The van der Waals surface area contributed by atoms with Crippen molar-refractivity contribution in [2.24, 2.45) is 4.99 Å². The van der Waals surface area contributed by atoms with Crippen molar-refractivity contribution in [3.63, 3.8) is 0 Å². The normalized spacial score (nSPS) is 15.7. The van der Waals surface area contributed by atoms with Crippen molar-refractivity contribution in [1.29, 1.82) is 0 Å². The van der Waals surface area contributed by atoms with Crippen LogP contribution in [0.25, 0.3) is 0 Å². The van der Waals surface area contributed by atoms with E-state index in [0.717, 1.165) is 42.7 Å². The van der Waals surface area contributed by atoms with Crippen molar-refractivity contribution in [3.8, 4) is 0 Å². The lowest BCUT2D eigenvalue weighted by Crippen LogP contribution is -2.40. The Labute approximate surface area is 93.8 Å². The molecule has 2 N–H and O–H groups in total. The van der Waals surface area contributed by atoms with Crippen LogP contribution in [0, 0.1) is 13.8 Å². The Kier molecular flexibility index (Phi) is 3.20. The summed E-state index contributed by atoms with van der Waals surface area (Å²) in [6, 6.07) is 0. The van der Waals surface area contributed by atoms with Crippen LogP contribution < -0.4 is 10.6 Å². The number of hydrogen-bond acceptors (Lipinski definition) is 5. The number of nitrogens with zero attached hydrogens (tertiary/aromatic N) is 2. The van der Waals surface area contributed by atoms with E-state index in [-0.39, 0.29) is 0 Å². The standard InChI is InChI=1S/C10H16N4S/c1-7-9(15-8(2)14-7)6-13-10-11-4-3-5-12-10/h3-6H2,1-2H3,(H2,11,12,13). The van der Waals surface area contributed by atoms with Gasteiger partial charge in [-0.15, -0.1) is 11.3 Å². The number of thiazole rings is 1. The number of nitrogens with one attached hydrogen (secondary N) is 2. The van der Waals surface area contributed by atoms with Crippen molar-refractivity contribution in [3.05, 3.63) is 15.6 Å². The Morgan fingerprint density at radius 3 is 2.93 bits per heavy atom. The molecule has 0 aliphatic carbocycles. The molecule has 0 radical (unpaired) electrons. The van der Waals surface area contributed by atoms with Crippen LogP contribution in [-0.2, 0) is 6.54 Å². The Bertz CT molecular complexity index is 369. The molecule has 5 heteroatoms. The molecule has 0 aromatic carbocycles. The lowest BCUT2D eigenvalue weighted by atomic mass is 10.4. The molecule has 2 rings (SSSR count). The molecule has 0 saturated heterocycles. The van der Waals surface area contributed by atoms with Gasteiger partial charge in [0.05, 0.1) is 17.2 Å². The summed E-state index contributed by atoms with van der Waals surface area (Å²) < 4.78 is 0. The van der Waals surface area contributed by atoms with Crippen LogP contribution in [0.5, 0.6) is 0 Å². The SMILES string of the molecule is Cc1nc(C)c(CNC2=NCCCN2)s1. The summed E-state index contributed by atoms with van der Waals surface area (Å²) in [4.78, 5) is 10.0. The van der Waals surface area contributed by atoms with Gasteiger partial charge >= 0.3 is 0 Å². The first kappa shape index (κ1) is 10.4. The van der Waals surface area contributed by atoms with E-state index in [2.05, 4.69) is 27.5 Å². The van der Waals surface area contributed by atoms with E-state index in [1.807, 2.05) is 6.92 Å². The monoisotopic (exact) mass is 224 g/mol. The maximum absolute atomic E-state index is 4.39. The van der Waals surface area contributed by atoms with Gasteiger partial charge in [-0.25, -0.2) is 4.98 Å². The van der Waals surface area contributed by atoms with Crippen molar-refractivity contribution >= 4 is 17.3 Å². The Morgan fingerprint density at radius 2 is 2.33 bits per heavy atom. The van der Waals surface area contributed by atoms with E-state index in [1.165, 1.54) is 4.88 Å². The van der Waals surface area contributed by atoms with E-state index >= 15 is 0 Å². The van der Waals surface area contributed by atoms with Gasteiger partial charge in [-0.1, -0.05) is 0 Å². The summed E-state index contributed by atoms with van der Waals surface area (Å²) in [5.74, 6) is 0.923. The molecule has 0 fully saturated rings. The maximum atomic E-state index is 4.39. The van der Waals surface area contributed by atoms with E-state index in [1.54, 1.807) is 11.3 Å². The third-order valence-electron chi connectivity index (χ3n) is 2.31. The largest absolute Gasteiger partial charge is 0.356 e. The van der Waals surface area contributed by atoms with E-state index in [0.29, 0.717) is 0 Å². The van der Waals surface area contributed by atoms with Crippen molar-refractivity contribution in [2.75, 3.05) is 13.1 Å². The van der Waals surface area contributed by atoms with E-state index < -0.39 is 0 Å². The lowest BCUT2D eigenvalue weighted by Gasteiger charge is -2.15. The molecule has 1 aliphatic rings. The molecule has 82 valence electrons. The second-order valence-electron chi connectivity index (χ2n) is 3.61. The fourth-order valence-electron chi connectivity index (χ4n) is 1.55. The number of rotatable bonds is 2.